The lowest BCUT2D eigenvalue weighted by molar-refractivity contribution is -0.199. The van der Waals surface area contributed by atoms with Gasteiger partial charge in [-0.2, -0.15) is 31.1 Å². The minimum atomic E-state index is -5.45. The van der Waals surface area contributed by atoms with Crippen LogP contribution in [0.1, 0.15) is 5.69 Å². The van der Waals surface area contributed by atoms with E-state index >= 15 is 0 Å². The van der Waals surface area contributed by atoms with Crippen molar-refractivity contribution in [3.05, 3.63) is 81.6 Å². The number of nitrogens with one attached hydrogen (secondary N) is 1. The number of ether oxygens (including phenoxy) is 1. The Bertz CT molecular complexity index is 2050. The molecule has 1 fully saturated rings. The number of H-pyrrole nitrogens is 1. The second-order valence-corrected chi connectivity index (χ2v) is 12.0. The molecule has 0 bridgehead atoms. The fourth-order valence-corrected chi connectivity index (χ4v) is 6.14. The lowest BCUT2D eigenvalue weighted by Crippen LogP contribution is -2.46. The molecule has 1 N–H and O–H groups in total. The van der Waals surface area contributed by atoms with Crippen LogP contribution in [0.5, 0.6) is 5.75 Å². The molecule has 0 unspecified atom stereocenters. The zero-order chi connectivity index (χ0) is 34.5. The first-order valence-electron chi connectivity index (χ1n) is 14.1. The minimum absolute atomic E-state index is 0.00304. The highest BCUT2D eigenvalue weighted by Gasteiger charge is 2.44. The SMILES string of the molecule is O=C(Oc1c(Cl)ccc2c1c(-c1ccc(Cl)c(Cl)c1)c(CN1CCN(c3cccc4[nH]ccc34)CC1)n2OC(=O)C(F)(F)F)C(F)(F)F. The van der Waals surface area contributed by atoms with Crippen LogP contribution in [0.15, 0.2) is 60.8 Å². The van der Waals surface area contributed by atoms with Gasteiger partial charge in [-0.15, -0.1) is 0 Å². The lowest BCUT2D eigenvalue weighted by atomic mass is 10.0. The third kappa shape index (κ3) is 6.49. The van der Waals surface area contributed by atoms with Gasteiger partial charge in [-0.3, -0.25) is 4.90 Å². The molecule has 6 rings (SSSR count). The van der Waals surface area contributed by atoms with E-state index in [-0.39, 0.29) is 44.3 Å². The number of carbonyl (C=O) groups is 2. The smallest absolute Gasteiger partial charge is 0.418 e. The molecule has 0 spiro atoms. The standard InChI is InChI=1S/C31H21Cl3F6N4O4/c32-18-5-4-16(14-20(18)34)25-24(15-42-10-12-43(13-11-42)22-3-1-2-21-17(22)8-9-41-21)44(48-29(46)31(38,39)40)23-7-6-19(33)27(26(23)25)47-28(45)30(35,36)37/h1-9,14,41H,10-13,15H2. The Kier molecular flexibility index (Phi) is 8.96. The molecule has 48 heavy (non-hydrogen) atoms. The van der Waals surface area contributed by atoms with E-state index in [0.717, 1.165) is 28.7 Å². The Hall–Kier alpha value is -4.11. The van der Waals surface area contributed by atoms with Gasteiger partial charge in [0.15, 0.2) is 5.75 Å². The van der Waals surface area contributed by atoms with Gasteiger partial charge in [0.05, 0.1) is 31.7 Å². The minimum Gasteiger partial charge on any atom is -0.418 e. The number of esters is 1. The molecular formula is C31H21Cl3F6N4O4. The van der Waals surface area contributed by atoms with Crippen molar-refractivity contribution in [1.82, 2.24) is 14.6 Å². The maximum Gasteiger partial charge on any atom is 0.493 e. The summed E-state index contributed by atoms with van der Waals surface area (Å²) in [5.41, 5.74) is 1.59. The van der Waals surface area contributed by atoms with Crippen molar-refractivity contribution in [1.29, 1.82) is 0 Å². The number of fused-ring (bicyclic) bond motifs is 2. The number of piperazine rings is 1. The van der Waals surface area contributed by atoms with Crippen LogP contribution in [0, 0.1) is 0 Å². The fourth-order valence-electron chi connectivity index (χ4n) is 5.65. The Morgan fingerprint density at radius 2 is 1.50 bits per heavy atom. The Balaban J connectivity index is 1.49. The second kappa shape index (κ2) is 12.7. The molecule has 1 aliphatic heterocycles. The number of benzene rings is 3. The van der Waals surface area contributed by atoms with Crippen LogP contribution in [0.25, 0.3) is 32.9 Å². The lowest BCUT2D eigenvalue weighted by Gasteiger charge is -2.36. The third-order valence-electron chi connectivity index (χ3n) is 7.79. The van der Waals surface area contributed by atoms with Crippen LogP contribution >= 0.6 is 34.8 Å². The molecule has 252 valence electrons. The molecule has 1 aliphatic rings. The van der Waals surface area contributed by atoms with E-state index in [1.165, 1.54) is 18.2 Å². The van der Waals surface area contributed by atoms with Crippen molar-refractivity contribution in [2.45, 2.75) is 18.9 Å². The summed E-state index contributed by atoms with van der Waals surface area (Å²) in [4.78, 5) is 36.3. The Morgan fingerprint density at radius 1 is 0.812 bits per heavy atom. The van der Waals surface area contributed by atoms with Gasteiger partial charge in [0.1, 0.15) is 0 Å². The number of hydrogen-bond acceptors (Lipinski definition) is 6. The summed E-state index contributed by atoms with van der Waals surface area (Å²) >= 11 is 18.6. The highest BCUT2D eigenvalue weighted by Crippen LogP contribution is 2.46. The average molecular weight is 734 g/mol. The van der Waals surface area contributed by atoms with Crippen molar-refractivity contribution in [2.75, 3.05) is 31.1 Å². The van der Waals surface area contributed by atoms with Crippen molar-refractivity contribution in [3.8, 4) is 16.9 Å². The van der Waals surface area contributed by atoms with Crippen LogP contribution in [0.4, 0.5) is 32.0 Å². The number of aromatic nitrogens is 2. The summed E-state index contributed by atoms with van der Waals surface area (Å²) in [6.45, 7) is 1.59. The Labute approximate surface area is 282 Å². The molecule has 0 amide bonds. The van der Waals surface area contributed by atoms with E-state index in [1.807, 2.05) is 35.4 Å². The van der Waals surface area contributed by atoms with Gasteiger partial charge in [0.2, 0.25) is 0 Å². The number of carbonyl (C=O) groups excluding carboxylic acids is 2. The van der Waals surface area contributed by atoms with Gasteiger partial charge in [0.25, 0.3) is 0 Å². The third-order valence-corrected chi connectivity index (χ3v) is 8.83. The predicted octanol–water partition coefficient (Wildman–Crippen LogP) is 8.06. The number of nitrogens with zero attached hydrogens (tertiary/aromatic N) is 3. The Morgan fingerprint density at radius 3 is 2.17 bits per heavy atom. The van der Waals surface area contributed by atoms with E-state index in [9.17, 15) is 35.9 Å². The number of aromatic amines is 1. The van der Waals surface area contributed by atoms with Crippen molar-refractivity contribution >= 4 is 74.2 Å². The molecule has 5 aromatic rings. The van der Waals surface area contributed by atoms with Gasteiger partial charge in [-0.05, 0) is 48.0 Å². The highest BCUT2D eigenvalue weighted by atomic mass is 35.5. The maximum atomic E-state index is 13.5. The maximum absolute atomic E-state index is 13.5. The molecule has 0 radical (unpaired) electrons. The average Bonchev–Trinajstić information content (AvgIpc) is 3.62. The summed E-state index contributed by atoms with van der Waals surface area (Å²) in [5, 5.41) is 0.298. The molecule has 0 atom stereocenters. The zero-order valence-electron chi connectivity index (χ0n) is 24.2. The van der Waals surface area contributed by atoms with Crippen LogP contribution in [0.2, 0.25) is 15.1 Å². The fraction of sp³-hybridized carbons (Fsp3) is 0.226. The monoisotopic (exact) mass is 732 g/mol. The summed E-state index contributed by atoms with van der Waals surface area (Å²) in [7, 11) is 0. The van der Waals surface area contributed by atoms with E-state index in [0.29, 0.717) is 30.9 Å². The van der Waals surface area contributed by atoms with Gasteiger partial charge in [-0.1, -0.05) is 46.9 Å². The van der Waals surface area contributed by atoms with Gasteiger partial charge >= 0.3 is 24.3 Å². The number of halogens is 9. The normalized spacial score (nSPS) is 14.6. The van der Waals surface area contributed by atoms with Crippen LogP contribution < -0.4 is 14.5 Å². The van der Waals surface area contributed by atoms with Crippen LogP contribution in [0.3, 0.4) is 0 Å². The molecule has 2 aromatic heterocycles. The van der Waals surface area contributed by atoms with Crippen LogP contribution in [-0.4, -0.2) is 65.1 Å². The first-order chi connectivity index (χ1) is 22.6. The van der Waals surface area contributed by atoms with E-state index in [4.69, 9.17) is 44.4 Å². The molecule has 0 saturated carbocycles. The summed E-state index contributed by atoms with van der Waals surface area (Å²) in [6, 6.07) is 14.0. The second-order valence-electron chi connectivity index (χ2n) is 10.8. The number of anilines is 1. The highest BCUT2D eigenvalue weighted by molar-refractivity contribution is 6.42. The molecule has 3 aromatic carbocycles. The molecular weight excluding hydrogens is 713 g/mol. The van der Waals surface area contributed by atoms with Crippen molar-refractivity contribution in [2.24, 2.45) is 0 Å². The summed E-state index contributed by atoms with van der Waals surface area (Å²) in [6.07, 6.45) is -9.07. The van der Waals surface area contributed by atoms with Gasteiger partial charge in [0, 0.05) is 61.1 Å². The number of hydrogen-bond donors (Lipinski definition) is 1. The summed E-state index contributed by atoms with van der Waals surface area (Å²) in [5.74, 6) is -6.05. The predicted molar refractivity (Wildman–Crippen MR) is 168 cm³/mol. The van der Waals surface area contributed by atoms with E-state index < -0.39 is 35.1 Å². The van der Waals surface area contributed by atoms with E-state index in [1.54, 1.807) is 0 Å². The number of rotatable bonds is 6. The van der Waals surface area contributed by atoms with Gasteiger partial charge < -0.3 is 19.5 Å². The molecule has 17 heteroatoms. The quantitative estimate of drug-likeness (QED) is 0.108. The van der Waals surface area contributed by atoms with Crippen LogP contribution in [-0.2, 0) is 16.1 Å². The molecule has 1 saturated heterocycles. The van der Waals surface area contributed by atoms with Crippen molar-refractivity contribution < 1.29 is 45.5 Å². The zero-order valence-corrected chi connectivity index (χ0v) is 26.5. The largest absolute Gasteiger partial charge is 0.493 e. The topological polar surface area (TPSA) is 79.8 Å². The molecule has 3 heterocycles. The van der Waals surface area contributed by atoms with Crippen molar-refractivity contribution in [3.63, 3.8) is 0 Å². The molecule has 0 aliphatic carbocycles. The summed E-state index contributed by atoms with van der Waals surface area (Å²) < 4.78 is 85.9. The number of alkyl halides is 6. The first-order valence-corrected chi connectivity index (χ1v) is 15.2. The van der Waals surface area contributed by atoms with E-state index in [2.05, 4.69) is 9.88 Å². The molecule has 8 nitrogen and oxygen atoms in total. The van der Waals surface area contributed by atoms with Gasteiger partial charge in [-0.25, -0.2) is 9.59 Å². The first kappa shape index (κ1) is 33.8.